The summed E-state index contributed by atoms with van der Waals surface area (Å²) in [5.74, 6) is 0.0997. The number of aromatic nitrogens is 6. The second kappa shape index (κ2) is 11.9. The van der Waals surface area contributed by atoms with E-state index in [9.17, 15) is 19.3 Å². The molecule has 6 heterocycles. The summed E-state index contributed by atoms with van der Waals surface area (Å²) >= 11 is 20.6. The lowest BCUT2D eigenvalue weighted by atomic mass is 10.1. The van der Waals surface area contributed by atoms with E-state index in [4.69, 9.17) is 56.5 Å². The van der Waals surface area contributed by atoms with E-state index in [-0.39, 0.29) is 27.0 Å². The number of nitrogens with zero attached hydrogens (tertiary/aromatic N) is 6. The van der Waals surface area contributed by atoms with Gasteiger partial charge in [-0.1, -0.05) is 47.7 Å². The zero-order chi connectivity index (χ0) is 31.8. The maximum atomic E-state index is 13.6. The number of nitrogen functional groups attached to an aromatic ring is 1. The highest BCUT2D eigenvalue weighted by Gasteiger charge is 2.53. The van der Waals surface area contributed by atoms with Crippen molar-refractivity contribution in [1.29, 1.82) is 0 Å². The molecule has 3 saturated heterocycles. The number of fused-ring (bicyclic) bond motifs is 5. The van der Waals surface area contributed by atoms with Gasteiger partial charge in [-0.2, -0.15) is 0 Å². The van der Waals surface area contributed by atoms with Crippen LogP contribution in [0.1, 0.15) is 12.5 Å². The van der Waals surface area contributed by atoms with Crippen molar-refractivity contribution in [1.82, 2.24) is 29.1 Å². The number of hydrogen-bond donors (Lipinski definition) is 5. The Balaban J connectivity index is 1.20. The fourth-order valence-electron chi connectivity index (χ4n) is 5.39. The molecule has 3 aliphatic heterocycles. The van der Waals surface area contributed by atoms with Crippen molar-refractivity contribution in [2.24, 2.45) is 0 Å². The van der Waals surface area contributed by atoms with Crippen LogP contribution >= 0.6 is 61.3 Å². The number of rotatable bonds is 2. The van der Waals surface area contributed by atoms with Crippen molar-refractivity contribution in [2.45, 2.75) is 49.1 Å². The summed E-state index contributed by atoms with van der Waals surface area (Å²) in [7, 11) is 0. The minimum absolute atomic E-state index is 0.0997. The number of aliphatic hydroxyl groups is 2. The number of imidazole rings is 2. The normalized spacial score (nSPS) is 37.7. The van der Waals surface area contributed by atoms with Crippen molar-refractivity contribution < 1.29 is 46.9 Å². The maximum absolute atomic E-state index is 13.6. The van der Waals surface area contributed by atoms with Gasteiger partial charge in [0.1, 0.15) is 48.5 Å². The number of nitrogens with two attached hydrogens (primary N) is 1. The van der Waals surface area contributed by atoms with Gasteiger partial charge < -0.3 is 30.0 Å². The van der Waals surface area contributed by atoms with Crippen LogP contribution in [0.2, 0.25) is 10.0 Å². The summed E-state index contributed by atoms with van der Waals surface area (Å²) in [6.07, 6.45) is -6.62. The second-order valence-electron chi connectivity index (χ2n) is 10.3. The molecule has 3 aliphatic rings. The van der Waals surface area contributed by atoms with E-state index >= 15 is 0 Å². The third-order valence-electron chi connectivity index (χ3n) is 7.49. The van der Waals surface area contributed by atoms with Gasteiger partial charge in [0, 0.05) is 0 Å². The highest BCUT2D eigenvalue weighted by molar-refractivity contribution is 8.44. The third-order valence-corrected chi connectivity index (χ3v) is 11.4. The first-order valence-corrected chi connectivity index (χ1v) is 19.2. The Kier molecular flexibility index (Phi) is 8.44. The van der Waals surface area contributed by atoms with Gasteiger partial charge in [0.2, 0.25) is 0 Å². The van der Waals surface area contributed by atoms with Gasteiger partial charge >= 0.3 is 13.6 Å². The first kappa shape index (κ1) is 32.0. The van der Waals surface area contributed by atoms with Gasteiger partial charge in [0.15, 0.2) is 23.9 Å². The molecule has 0 saturated carbocycles. The highest BCUT2D eigenvalue weighted by atomic mass is 35.5. The predicted molar refractivity (Wildman–Crippen MR) is 164 cm³/mol. The van der Waals surface area contributed by atoms with Crippen LogP contribution in [-0.2, 0) is 36.7 Å². The summed E-state index contributed by atoms with van der Waals surface area (Å²) in [6.45, 7) is -9.66. The molecule has 2 bridgehead atoms. The van der Waals surface area contributed by atoms with Gasteiger partial charge in [-0.05, 0) is 12.1 Å². The Hall–Kier alpha value is -1.54. The van der Waals surface area contributed by atoms with E-state index in [0.717, 1.165) is 0 Å². The molecule has 23 heteroatoms. The van der Waals surface area contributed by atoms with Crippen molar-refractivity contribution in [3.8, 4) is 0 Å². The summed E-state index contributed by atoms with van der Waals surface area (Å²) in [6, 6.07) is 3.08. The predicted octanol–water partition coefficient (Wildman–Crippen LogP) is 3.17. The quantitative estimate of drug-likeness (QED) is 0.147. The standard InChI is InChI=1S/C22H23Cl2N7O10P2S2/c23-8-1-10-11(2-9(8)24)30(6-28-10)22-18-15(32)12(38-22)3-36-42(34,44)40-17-13(4-37-43(35,45)41-18)39-21(16(17)33)31-7-29-14-19(25)26-5-27-20(14)31/h1-2,5-7,12-13,15-18,21-22,32-33H,3-4H2,(H,34,44)(H,35,45)(H2,25,26,27). The summed E-state index contributed by atoms with van der Waals surface area (Å²) in [4.78, 5) is 16.5. The molecule has 4 N–H and O–H groups in total. The third kappa shape index (κ3) is 5.91. The monoisotopic (exact) mass is 741 g/mol. The number of halogens is 2. The second-order valence-corrected chi connectivity index (χ2v) is 16.8. The molecule has 0 radical (unpaired) electrons. The number of hydrogen-bond acceptors (Lipinski definition) is 15. The SMILES string of the molecule is Nc1ncnc2c1ncn2C1OC2COP(=O)(S)OC3C(O)C(COP(=O)(S)OC2C1O)OC3n1cnc2cc(Cl)c(Cl)cc21. The molecule has 0 aliphatic carbocycles. The molecule has 7 rings (SSSR count). The molecule has 17 nitrogen and oxygen atoms in total. The average molecular weight is 742 g/mol. The van der Waals surface area contributed by atoms with E-state index < -0.39 is 75.9 Å². The van der Waals surface area contributed by atoms with E-state index in [2.05, 4.69) is 44.4 Å². The molecule has 3 fully saturated rings. The van der Waals surface area contributed by atoms with Gasteiger partial charge in [-0.15, -0.1) is 0 Å². The molecule has 3 aromatic heterocycles. The Bertz CT molecular complexity index is 1890. The number of thiol groups is 2. The van der Waals surface area contributed by atoms with Crippen LogP contribution in [0.3, 0.4) is 0 Å². The van der Waals surface area contributed by atoms with Gasteiger partial charge in [-0.3, -0.25) is 22.7 Å². The molecule has 0 amide bonds. The summed E-state index contributed by atoms with van der Waals surface area (Å²) < 4.78 is 64.4. The maximum Gasteiger partial charge on any atom is 0.386 e. The zero-order valence-electron chi connectivity index (χ0n) is 22.4. The van der Waals surface area contributed by atoms with Crippen LogP contribution in [0.25, 0.3) is 22.2 Å². The number of aliphatic hydroxyl groups excluding tert-OH is 2. The highest BCUT2D eigenvalue weighted by Crippen LogP contribution is 2.60. The van der Waals surface area contributed by atoms with Crippen LogP contribution in [0.5, 0.6) is 0 Å². The van der Waals surface area contributed by atoms with E-state index in [0.29, 0.717) is 11.0 Å². The number of anilines is 1. The lowest BCUT2D eigenvalue weighted by molar-refractivity contribution is -0.0574. The minimum atomic E-state index is -4.31. The van der Waals surface area contributed by atoms with Crippen molar-refractivity contribution in [3.63, 3.8) is 0 Å². The first-order chi connectivity index (χ1) is 21.3. The fraction of sp³-hybridized carbons (Fsp3) is 0.455. The van der Waals surface area contributed by atoms with Crippen LogP contribution in [-0.4, -0.2) is 89.1 Å². The van der Waals surface area contributed by atoms with E-state index in [1.807, 2.05) is 0 Å². The Morgan fingerprint density at radius 3 is 2.24 bits per heavy atom. The first-order valence-electron chi connectivity index (χ1n) is 13.0. The number of ether oxygens (including phenoxy) is 2. The molecular formula is C22H23Cl2N7O10P2S2. The summed E-state index contributed by atoms with van der Waals surface area (Å²) in [5.41, 5.74) is 7.28. The zero-order valence-corrected chi connectivity index (χ0v) is 27.5. The topological polar surface area (TPSA) is 217 Å². The molecule has 0 spiro atoms. The van der Waals surface area contributed by atoms with Gasteiger partial charge in [-0.25, -0.2) is 29.1 Å². The molecule has 45 heavy (non-hydrogen) atoms. The van der Waals surface area contributed by atoms with Crippen LogP contribution in [0.4, 0.5) is 5.82 Å². The van der Waals surface area contributed by atoms with Crippen molar-refractivity contribution in [2.75, 3.05) is 18.9 Å². The summed E-state index contributed by atoms with van der Waals surface area (Å²) in [5, 5.41) is 23.0. The van der Waals surface area contributed by atoms with Gasteiger partial charge in [0.05, 0.1) is 46.9 Å². The van der Waals surface area contributed by atoms with Crippen LogP contribution in [0.15, 0.2) is 31.1 Å². The number of benzene rings is 1. The Morgan fingerprint density at radius 2 is 1.49 bits per heavy atom. The molecule has 10 unspecified atom stereocenters. The van der Waals surface area contributed by atoms with Crippen molar-refractivity contribution >= 4 is 89.3 Å². The average Bonchev–Trinajstić information content (AvgIpc) is 3.73. The van der Waals surface area contributed by atoms with Gasteiger partial charge in [0.25, 0.3) is 0 Å². The molecule has 242 valence electrons. The lowest BCUT2D eigenvalue weighted by Crippen LogP contribution is -2.35. The largest absolute Gasteiger partial charge is 0.387 e. The molecular weight excluding hydrogens is 719 g/mol. The smallest absolute Gasteiger partial charge is 0.386 e. The van der Waals surface area contributed by atoms with Crippen molar-refractivity contribution in [3.05, 3.63) is 41.2 Å². The van der Waals surface area contributed by atoms with E-state index in [1.54, 1.807) is 6.07 Å². The van der Waals surface area contributed by atoms with Crippen LogP contribution < -0.4 is 5.73 Å². The molecule has 1 aromatic carbocycles. The van der Waals surface area contributed by atoms with Crippen LogP contribution in [0, 0.1) is 0 Å². The Labute approximate surface area is 273 Å². The molecule has 10 atom stereocenters. The molecule has 4 aromatic rings. The fourth-order valence-corrected chi connectivity index (χ4v) is 8.66. The lowest BCUT2D eigenvalue weighted by Gasteiger charge is -2.26. The van der Waals surface area contributed by atoms with E-state index in [1.165, 1.54) is 34.2 Å². The minimum Gasteiger partial charge on any atom is -0.387 e. The Morgan fingerprint density at radius 1 is 0.844 bits per heavy atom.